The first-order valence-electron chi connectivity index (χ1n) is 15.5. The van der Waals surface area contributed by atoms with Crippen molar-refractivity contribution in [2.24, 2.45) is 0 Å². The van der Waals surface area contributed by atoms with Crippen LogP contribution in [0.3, 0.4) is 0 Å². The van der Waals surface area contributed by atoms with Crippen molar-refractivity contribution in [1.29, 1.82) is 0 Å². The van der Waals surface area contributed by atoms with E-state index in [1.165, 1.54) is 5.56 Å². The second kappa shape index (κ2) is 11.3. The molecule has 0 bridgehead atoms. The summed E-state index contributed by atoms with van der Waals surface area (Å²) in [5, 5.41) is 0.786. The molecule has 2 aromatic carbocycles. The molecule has 45 heavy (non-hydrogen) atoms. The minimum absolute atomic E-state index is 0.0523. The Morgan fingerprint density at radius 1 is 0.956 bits per heavy atom. The Morgan fingerprint density at radius 3 is 2.29 bits per heavy atom. The van der Waals surface area contributed by atoms with E-state index in [-0.39, 0.29) is 28.0 Å². The van der Waals surface area contributed by atoms with E-state index >= 15 is 0 Å². The average Bonchev–Trinajstić information content (AvgIpc) is 3.61. The number of likely N-dealkylation sites (tertiary alicyclic amines) is 2. The standard InChI is InChI=1S/C34H38N6O4S/c1-34(2,3)44-33(41)39-21-24(22-39)31-36-28-29(40(31)25-15-18-38(19-16-25)20-23-10-6-4-7-11-23)27-14-17-35-30(27)37-32(28)45(42,43)26-12-8-5-9-13-26/h4-14,17,24-25H,15-16,18-22H2,1-3H3,(H,35,37). The van der Waals surface area contributed by atoms with E-state index in [4.69, 9.17) is 9.72 Å². The summed E-state index contributed by atoms with van der Waals surface area (Å²) >= 11 is 0. The smallest absolute Gasteiger partial charge is 0.410 e. The number of hydrogen-bond acceptors (Lipinski definition) is 7. The number of carbonyl (C=O) groups is 1. The van der Waals surface area contributed by atoms with Crippen LogP contribution in [0.1, 0.15) is 57.0 Å². The van der Waals surface area contributed by atoms with E-state index in [0.717, 1.165) is 49.2 Å². The van der Waals surface area contributed by atoms with E-state index in [0.29, 0.717) is 24.3 Å². The Kier molecular flexibility index (Phi) is 7.40. The van der Waals surface area contributed by atoms with Gasteiger partial charge in [-0.05, 0) is 57.4 Å². The molecule has 2 fully saturated rings. The summed E-state index contributed by atoms with van der Waals surface area (Å²) in [4.78, 5) is 30.1. The number of sulfone groups is 1. The van der Waals surface area contributed by atoms with Crippen LogP contribution in [0.15, 0.2) is 82.8 Å². The van der Waals surface area contributed by atoms with Crippen molar-refractivity contribution in [2.45, 2.75) is 67.6 Å². The van der Waals surface area contributed by atoms with Gasteiger partial charge >= 0.3 is 6.09 Å². The van der Waals surface area contributed by atoms with Crippen LogP contribution in [0.25, 0.3) is 22.1 Å². The van der Waals surface area contributed by atoms with E-state index in [9.17, 15) is 13.2 Å². The van der Waals surface area contributed by atoms with Crippen molar-refractivity contribution >= 4 is 38.0 Å². The minimum Gasteiger partial charge on any atom is -0.444 e. The van der Waals surface area contributed by atoms with Gasteiger partial charge in [0.1, 0.15) is 22.6 Å². The molecule has 1 N–H and O–H groups in total. The molecule has 2 saturated heterocycles. The van der Waals surface area contributed by atoms with Crippen LogP contribution in [0.4, 0.5) is 4.79 Å². The fourth-order valence-electron chi connectivity index (χ4n) is 6.51. The van der Waals surface area contributed by atoms with Gasteiger partial charge in [-0.2, -0.15) is 0 Å². The van der Waals surface area contributed by atoms with Crippen LogP contribution in [0.5, 0.6) is 0 Å². The summed E-state index contributed by atoms with van der Waals surface area (Å²) in [6, 6.07) is 21.0. The van der Waals surface area contributed by atoms with Crippen LogP contribution >= 0.6 is 0 Å². The number of pyridine rings is 1. The molecule has 11 heteroatoms. The van der Waals surface area contributed by atoms with Crippen LogP contribution < -0.4 is 0 Å². The van der Waals surface area contributed by atoms with Gasteiger partial charge in [-0.15, -0.1) is 0 Å². The third-order valence-corrected chi connectivity index (χ3v) is 10.4. The molecule has 0 saturated carbocycles. The monoisotopic (exact) mass is 626 g/mol. The zero-order chi connectivity index (χ0) is 31.3. The Morgan fingerprint density at radius 2 is 1.62 bits per heavy atom. The number of carbonyl (C=O) groups excluding carboxylic acids is 1. The predicted molar refractivity (Wildman–Crippen MR) is 172 cm³/mol. The summed E-state index contributed by atoms with van der Waals surface area (Å²) in [5.74, 6) is 0.736. The summed E-state index contributed by atoms with van der Waals surface area (Å²) < 4.78 is 36.0. The van der Waals surface area contributed by atoms with Crippen molar-refractivity contribution in [3.05, 3.63) is 84.3 Å². The van der Waals surface area contributed by atoms with Gasteiger partial charge in [-0.3, -0.25) is 4.90 Å². The highest BCUT2D eigenvalue weighted by atomic mass is 32.2. The molecule has 1 amide bonds. The Hall–Kier alpha value is -4.22. The fraction of sp³-hybridized carbons (Fsp3) is 0.382. The second-order valence-electron chi connectivity index (χ2n) is 13.1. The number of nitrogens with one attached hydrogen (secondary N) is 1. The van der Waals surface area contributed by atoms with Gasteiger partial charge in [0.25, 0.3) is 0 Å². The first kappa shape index (κ1) is 29.5. The summed E-state index contributed by atoms with van der Waals surface area (Å²) in [6.07, 6.45) is 3.23. The largest absolute Gasteiger partial charge is 0.444 e. The van der Waals surface area contributed by atoms with E-state index in [2.05, 4.69) is 43.7 Å². The van der Waals surface area contributed by atoms with Gasteiger partial charge in [-0.1, -0.05) is 48.5 Å². The number of benzene rings is 2. The molecule has 2 aliphatic rings. The van der Waals surface area contributed by atoms with Crippen LogP contribution in [-0.4, -0.2) is 75.6 Å². The Labute approximate surface area is 262 Å². The van der Waals surface area contributed by atoms with E-state index in [1.807, 2.05) is 32.9 Å². The number of amides is 1. The van der Waals surface area contributed by atoms with Crippen molar-refractivity contribution in [3.63, 3.8) is 0 Å². The Balaban J connectivity index is 1.30. The highest BCUT2D eigenvalue weighted by Gasteiger charge is 2.40. The number of H-pyrrole nitrogens is 1. The molecule has 0 atom stereocenters. The maximum Gasteiger partial charge on any atom is 0.410 e. The number of aromatic amines is 1. The number of rotatable bonds is 6. The number of aromatic nitrogens is 4. The van der Waals surface area contributed by atoms with Gasteiger partial charge in [-0.25, -0.2) is 23.2 Å². The molecule has 2 aliphatic heterocycles. The fourth-order valence-corrected chi connectivity index (χ4v) is 7.85. The molecule has 5 aromatic rings. The average molecular weight is 627 g/mol. The van der Waals surface area contributed by atoms with Gasteiger partial charge < -0.3 is 19.2 Å². The van der Waals surface area contributed by atoms with Crippen LogP contribution in [0.2, 0.25) is 0 Å². The van der Waals surface area contributed by atoms with Gasteiger partial charge in [0.15, 0.2) is 5.03 Å². The second-order valence-corrected chi connectivity index (χ2v) is 15.0. The molecule has 0 radical (unpaired) electrons. The van der Waals surface area contributed by atoms with Gasteiger partial charge in [0, 0.05) is 50.3 Å². The quantitative estimate of drug-likeness (QED) is 0.249. The van der Waals surface area contributed by atoms with Gasteiger partial charge in [0.2, 0.25) is 9.84 Å². The highest BCUT2D eigenvalue weighted by Crippen LogP contribution is 2.40. The number of nitrogens with zero attached hydrogens (tertiary/aromatic N) is 5. The predicted octanol–water partition coefficient (Wildman–Crippen LogP) is 5.92. The van der Waals surface area contributed by atoms with Crippen molar-refractivity contribution < 1.29 is 17.9 Å². The summed E-state index contributed by atoms with van der Waals surface area (Å²) in [7, 11) is -3.97. The molecule has 0 spiro atoms. The zero-order valence-corrected chi connectivity index (χ0v) is 26.6. The lowest BCUT2D eigenvalue weighted by Crippen LogP contribution is -2.51. The molecule has 3 aromatic heterocycles. The molecular weight excluding hydrogens is 588 g/mol. The van der Waals surface area contributed by atoms with Gasteiger partial charge in [0.05, 0.1) is 16.3 Å². The topological polar surface area (TPSA) is 113 Å². The number of piperidine rings is 1. The summed E-state index contributed by atoms with van der Waals surface area (Å²) in [5.41, 5.74) is 2.37. The molecule has 234 valence electrons. The maximum absolute atomic E-state index is 14.1. The maximum atomic E-state index is 14.1. The first-order valence-corrected chi connectivity index (χ1v) is 17.0. The third-order valence-electron chi connectivity index (χ3n) is 8.71. The Bertz CT molecular complexity index is 1950. The number of fused-ring (bicyclic) bond motifs is 3. The van der Waals surface area contributed by atoms with Crippen molar-refractivity contribution in [2.75, 3.05) is 26.2 Å². The van der Waals surface area contributed by atoms with Crippen LogP contribution in [-0.2, 0) is 21.1 Å². The van der Waals surface area contributed by atoms with Crippen molar-refractivity contribution in [1.82, 2.24) is 29.3 Å². The molecular formula is C34H38N6O4S. The van der Waals surface area contributed by atoms with Crippen molar-refractivity contribution in [3.8, 4) is 0 Å². The molecule has 5 heterocycles. The summed E-state index contributed by atoms with van der Waals surface area (Å²) in [6.45, 7) is 9.18. The molecule has 0 unspecified atom stereocenters. The number of imidazole rings is 1. The zero-order valence-electron chi connectivity index (χ0n) is 25.8. The first-order chi connectivity index (χ1) is 21.6. The number of ether oxygens (including phenoxy) is 1. The minimum atomic E-state index is -3.97. The molecule has 10 nitrogen and oxygen atoms in total. The highest BCUT2D eigenvalue weighted by molar-refractivity contribution is 7.91. The normalized spacial score (nSPS) is 17.2. The number of hydrogen-bond donors (Lipinski definition) is 1. The molecule has 7 rings (SSSR count). The van der Waals surface area contributed by atoms with E-state index in [1.54, 1.807) is 41.4 Å². The SMILES string of the molecule is CC(C)(C)OC(=O)N1CC(c2nc3c(S(=O)(=O)c4ccccc4)nc4[nH]ccc4c3n2C2CCN(Cc3ccccc3)CC2)C1. The van der Waals surface area contributed by atoms with Crippen LogP contribution in [0, 0.1) is 0 Å². The lowest BCUT2D eigenvalue weighted by molar-refractivity contribution is 0.00705. The third kappa shape index (κ3) is 5.59. The lowest BCUT2D eigenvalue weighted by Gasteiger charge is -2.41. The van der Waals surface area contributed by atoms with E-state index < -0.39 is 15.4 Å². The lowest BCUT2D eigenvalue weighted by atomic mass is 9.97. The molecule has 0 aliphatic carbocycles.